The first-order chi connectivity index (χ1) is 22.5. The first-order valence-electron chi connectivity index (χ1n) is 15.2. The van der Waals surface area contributed by atoms with E-state index >= 15 is 0 Å². The fourth-order valence-corrected chi connectivity index (χ4v) is 6.18. The molecule has 2 atom stereocenters. The fraction of sp³-hybridized carbons (Fsp3) is 0.189. The molecule has 1 amide bonds. The van der Waals surface area contributed by atoms with E-state index < -0.39 is 24.1 Å². The van der Waals surface area contributed by atoms with Gasteiger partial charge >= 0.3 is 12.1 Å². The quantitative estimate of drug-likeness (QED) is 0.187. The van der Waals surface area contributed by atoms with Gasteiger partial charge in [-0.05, 0) is 52.9 Å². The Hall–Kier alpha value is -5.70. The summed E-state index contributed by atoms with van der Waals surface area (Å²) in [6.45, 7) is 1.94. The summed E-state index contributed by atoms with van der Waals surface area (Å²) < 4.78 is 17.1. The van der Waals surface area contributed by atoms with E-state index in [1.54, 1.807) is 6.92 Å². The molecule has 46 heavy (non-hydrogen) atoms. The molecule has 6 aromatic rings. The monoisotopic (exact) mass is 612 g/mol. The molecular weight excluding hydrogens is 580 g/mol. The summed E-state index contributed by atoms with van der Waals surface area (Å²) in [6, 6.07) is 30.1. The molecule has 4 aromatic carbocycles. The predicted octanol–water partition coefficient (Wildman–Crippen LogP) is 6.59. The lowest BCUT2D eigenvalue weighted by Gasteiger charge is -2.17. The highest BCUT2D eigenvalue weighted by Gasteiger charge is 2.29. The number of methoxy groups -OCH3 is 1. The molecule has 0 fully saturated rings. The summed E-state index contributed by atoms with van der Waals surface area (Å²) in [5.74, 6) is -0.329. The Kier molecular flexibility index (Phi) is 7.80. The Morgan fingerprint density at radius 1 is 0.913 bits per heavy atom. The zero-order valence-electron chi connectivity index (χ0n) is 25.4. The van der Waals surface area contributed by atoms with Crippen molar-refractivity contribution in [2.75, 3.05) is 13.7 Å². The summed E-state index contributed by atoms with van der Waals surface area (Å²) in [5.41, 5.74) is 7.31. The molecule has 1 aliphatic rings. The number of alkyl carbamates (subject to hydrolysis) is 1. The zero-order valence-corrected chi connectivity index (χ0v) is 25.4. The molecule has 2 heterocycles. The first kappa shape index (κ1) is 29.0. The van der Waals surface area contributed by atoms with E-state index in [0.717, 1.165) is 38.7 Å². The van der Waals surface area contributed by atoms with E-state index in [9.17, 15) is 9.59 Å². The Morgan fingerprint density at radius 3 is 2.30 bits per heavy atom. The number of ether oxygens (including phenoxy) is 2. The minimum Gasteiger partial charge on any atom is -0.467 e. The number of benzene rings is 4. The van der Waals surface area contributed by atoms with E-state index in [2.05, 4.69) is 39.6 Å². The van der Waals surface area contributed by atoms with Crippen LogP contribution in [0.25, 0.3) is 32.9 Å². The van der Waals surface area contributed by atoms with Crippen molar-refractivity contribution in [3.05, 3.63) is 131 Å². The van der Waals surface area contributed by atoms with Gasteiger partial charge in [0.1, 0.15) is 12.6 Å². The van der Waals surface area contributed by atoms with E-state index in [-0.39, 0.29) is 24.0 Å². The molecule has 0 saturated carbocycles. The fourth-order valence-electron chi connectivity index (χ4n) is 6.18. The van der Waals surface area contributed by atoms with E-state index in [0.29, 0.717) is 17.3 Å². The number of aromatic amines is 1. The summed E-state index contributed by atoms with van der Waals surface area (Å²) in [4.78, 5) is 38.7. The molecule has 7 rings (SSSR count). The molecular formula is C37H32N4O5. The smallest absolute Gasteiger partial charge is 0.407 e. The van der Waals surface area contributed by atoms with Gasteiger partial charge in [0.25, 0.3) is 0 Å². The molecule has 0 bridgehead atoms. The van der Waals surface area contributed by atoms with Crippen molar-refractivity contribution in [3.63, 3.8) is 0 Å². The van der Waals surface area contributed by atoms with Crippen LogP contribution in [-0.4, -0.2) is 41.8 Å². The van der Waals surface area contributed by atoms with E-state index in [1.807, 2.05) is 79.0 Å². The van der Waals surface area contributed by atoms with Crippen molar-refractivity contribution in [1.29, 1.82) is 0 Å². The van der Waals surface area contributed by atoms with Gasteiger partial charge in [0, 0.05) is 29.4 Å². The van der Waals surface area contributed by atoms with Crippen LogP contribution in [-0.2, 0) is 20.7 Å². The lowest BCUT2D eigenvalue weighted by Crippen LogP contribution is -2.30. The molecule has 0 aliphatic heterocycles. The number of aromatic nitrogens is 2. The number of carbonyl (C=O) groups excluding carboxylic acids is 2. The van der Waals surface area contributed by atoms with Crippen molar-refractivity contribution >= 4 is 33.9 Å². The normalized spacial score (nSPS) is 14.1. The number of carbonyl (C=O) groups is 2. The average Bonchev–Trinajstić information content (AvgIpc) is 3.65. The van der Waals surface area contributed by atoms with Gasteiger partial charge in [0.2, 0.25) is 11.4 Å². The van der Waals surface area contributed by atoms with Gasteiger partial charge in [0.05, 0.1) is 18.0 Å². The van der Waals surface area contributed by atoms with E-state index in [1.165, 1.54) is 7.11 Å². The Labute approximate surface area is 264 Å². The molecule has 9 heteroatoms. The van der Waals surface area contributed by atoms with Crippen molar-refractivity contribution < 1.29 is 23.5 Å². The maximum atomic E-state index is 13.1. The Balaban J connectivity index is 1.14. The summed E-state index contributed by atoms with van der Waals surface area (Å²) in [7, 11) is 1.34. The van der Waals surface area contributed by atoms with Crippen LogP contribution >= 0.6 is 0 Å². The minimum absolute atomic E-state index is 0.0604. The van der Waals surface area contributed by atoms with Crippen molar-refractivity contribution in [1.82, 2.24) is 15.3 Å². The second-order valence-electron chi connectivity index (χ2n) is 11.3. The third kappa shape index (κ3) is 5.51. The summed E-state index contributed by atoms with van der Waals surface area (Å²) in [5, 5.41) is 4.49. The number of hydrogen-bond acceptors (Lipinski definition) is 7. The van der Waals surface area contributed by atoms with Gasteiger partial charge in [-0.1, -0.05) is 78.9 Å². The van der Waals surface area contributed by atoms with E-state index in [4.69, 9.17) is 18.9 Å². The number of esters is 1. The van der Waals surface area contributed by atoms with Crippen LogP contribution in [0.3, 0.4) is 0 Å². The first-order valence-corrected chi connectivity index (χ1v) is 15.2. The zero-order chi connectivity index (χ0) is 31.6. The van der Waals surface area contributed by atoms with Crippen molar-refractivity contribution in [2.45, 2.75) is 31.3 Å². The topological polar surface area (TPSA) is 119 Å². The van der Waals surface area contributed by atoms with Crippen LogP contribution in [0.4, 0.5) is 4.79 Å². The molecule has 0 unspecified atom stereocenters. The second kappa shape index (κ2) is 12.4. The predicted molar refractivity (Wildman–Crippen MR) is 174 cm³/mol. The SMILES string of the molecule is COC(=O)[C@@H](Cc1c[nH]c2ccccc12)N=c1oc([C@@H](C)NC(=O)OCC2c3ccccc3-c3ccccc32)nc2ccccc12. The molecule has 2 aromatic heterocycles. The number of fused-ring (bicyclic) bond motifs is 5. The number of nitrogens with zero attached hydrogens (tertiary/aromatic N) is 2. The van der Waals surface area contributed by atoms with Gasteiger partial charge in [-0.2, -0.15) is 0 Å². The third-order valence-corrected chi connectivity index (χ3v) is 8.45. The van der Waals surface area contributed by atoms with Crippen LogP contribution in [0.15, 0.2) is 113 Å². The highest BCUT2D eigenvalue weighted by molar-refractivity contribution is 5.85. The summed E-state index contributed by atoms with van der Waals surface area (Å²) >= 11 is 0. The molecule has 230 valence electrons. The maximum Gasteiger partial charge on any atom is 0.407 e. The van der Waals surface area contributed by atoms with Gasteiger partial charge in [-0.3, -0.25) is 0 Å². The molecule has 9 nitrogen and oxygen atoms in total. The maximum absolute atomic E-state index is 13.1. The molecule has 0 spiro atoms. The molecule has 2 N–H and O–H groups in total. The highest BCUT2D eigenvalue weighted by atomic mass is 16.5. The Morgan fingerprint density at radius 2 is 1.57 bits per heavy atom. The molecule has 1 aliphatic carbocycles. The van der Waals surface area contributed by atoms with Crippen LogP contribution in [0, 0.1) is 0 Å². The Bertz CT molecular complexity index is 2100. The van der Waals surface area contributed by atoms with Gasteiger partial charge in [-0.15, -0.1) is 0 Å². The van der Waals surface area contributed by atoms with Gasteiger partial charge in [0.15, 0.2) is 6.04 Å². The third-order valence-electron chi connectivity index (χ3n) is 8.45. The minimum atomic E-state index is -0.878. The number of H-pyrrole nitrogens is 1. The lowest BCUT2D eigenvalue weighted by atomic mass is 9.98. The van der Waals surface area contributed by atoms with Crippen LogP contribution in [0.2, 0.25) is 0 Å². The molecule has 0 radical (unpaired) electrons. The number of nitrogens with one attached hydrogen (secondary N) is 2. The largest absolute Gasteiger partial charge is 0.467 e. The van der Waals surface area contributed by atoms with Gasteiger partial charge in [-0.25, -0.2) is 19.6 Å². The van der Waals surface area contributed by atoms with Crippen molar-refractivity contribution in [2.24, 2.45) is 4.99 Å². The second-order valence-corrected chi connectivity index (χ2v) is 11.3. The van der Waals surface area contributed by atoms with Crippen molar-refractivity contribution in [3.8, 4) is 11.1 Å². The highest BCUT2D eigenvalue weighted by Crippen LogP contribution is 2.44. The van der Waals surface area contributed by atoms with Gasteiger partial charge < -0.3 is 24.2 Å². The van der Waals surface area contributed by atoms with Crippen LogP contribution in [0.1, 0.15) is 41.5 Å². The molecule has 0 saturated heterocycles. The number of para-hydroxylation sites is 2. The number of hydrogen-bond donors (Lipinski definition) is 2. The van der Waals surface area contributed by atoms with Crippen LogP contribution < -0.4 is 10.9 Å². The average molecular weight is 613 g/mol. The standard InChI is InChI=1S/C37H32N4O5/c1-22(39-37(43)45-21-30-27-14-5-3-12-25(27)26-13-4-6-15-28(26)30)34-40-32-18-10-8-16-29(32)35(46-34)41-33(36(42)44-2)19-23-20-38-31-17-9-7-11-24(23)31/h3-18,20,22,30,33,38H,19,21H2,1-2H3,(H,39,43)/t22-,33-/m1/s1. The summed E-state index contributed by atoms with van der Waals surface area (Å²) in [6.07, 6.45) is 1.58. The number of rotatable bonds is 8. The number of amides is 1. The van der Waals surface area contributed by atoms with Crippen LogP contribution in [0.5, 0.6) is 0 Å². The lowest BCUT2D eigenvalue weighted by molar-refractivity contribution is -0.142.